The molecule has 1 atom stereocenters. The maximum Gasteiger partial charge on any atom is 0.323 e. The Bertz CT molecular complexity index is 363. The molecular formula is C13H25N5O2. The topological polar surface area (TPSA) is 92.2 Å². The average Bonchev–Trinajstić information content (AvgIpc) is 2.43. The second-order valence-corrected chi connectivity index (χ2v) is 4.60. The summed E-state index contributed by atoms with van der Waals surface area (Å²) in [5.74, 6) is 0.970. The molecule has 0 saturated heterocycles. The van der Waals surface area contributed by atoms with Crippen molar-refractivity contribution < 1.29 is 9.84 Å². The number of hydrogen-bond acceptors (Lipinski definition) is 7. The van der Waals surface area contributed by atoms with Crippen LogP contribution >= 0.6 is 0 Å². The van der Waals surface area contributed by atoms with Crippen molar-refractivity contribution in [1.29, 1.82) is 0 Å². The van der Waals surface area contributed by atoms with Gasteiger partial charge in [0, 0.05) is 19.2 Å². The highest BCUT2D eigenvalue weighted by Crippen LogP contribution is 2.13. The summed E-state index contributed by atoms with van der Waals surface area (Å²) in [6.45, 7) is 7.56. The minimum atomic E-state index is 0.0838. The van der Waals surface area contributed by atoms with Gasteiger partial charge in [-0.1, -0.05) is 13.8 Å². The van der Waals surface area contributed by atoms with Crippen molar-refractivity contribution in [3.63, 3.8) is 0 Å². The molecule has 114 valence electrons. The molecule has 1 heterocycles. The van der Waals surface area contributed by atoms with Crippen molar-refractivity contribution in [1.82, 2.24) is 15.0 Å². The molecule has 0 aliphatic carbocycles. The molecule has 1 aromatic rings. The monoisotopic (exact) mass is 283 g/mol. The second kappa shape index (κ2) is 9.30. The first-order valence-electron chi connectivity index (χ1n) is 7.19. The molecule has 1 rings (SSSR count). The van der Waals surface area contributed by atoms with Crippen LogP contribution in [-0.4, -0.2) is 45.9 Å². The molecule has 20 heavy (non-hydrogen) atoms. The van der Waals surface area contributed by atoms with E-state index in [1.165, 1.54) is 0 Å². The Morgan fingerprint density at radius 3 is 2.55 bits per heavy atom. The average molecular weight is 283 g/mol. The quantitative estimate of drug-likeness (QED) is 0.601. The standard InChI is InChI=1S/C13H25N5O2/c1-4-7-14-11-16-12(15-10(3)6-8-19)18-13(17-11)20-9-5-2/h10,19H,4-9H2,1-3H3,(H2,14,15,16,17,18). The van der Waals surface area contributed by atoms with Crippen LogP contribution in [0.4, 0.5) is 11.9 Å². The molecule has 0 saturated carbocycles. The third-order valence-corrected chi connectivity index (χ3v) is 2.52. The van der Waals surface area contributed by atoms with Gasteiger partial charge in [0.15, 0.2) is 0 Å². The van der Waals surface area contributed by atoms with Crippen LogP contribution < -0.4 is 15.4 Å². The Morgan fingerprint density at radius 1 is 1.15 bits per heavy atom. The third kappa shape index (κ3) is 6.01. The van der Waals surface area contributed by atoms with Gasteiger partial charge in [0.2, 0.25) is 11.9 Å². The summed E-state index contributed by atoms with van der Waals surface area (Å²) in [6.07, 6.45) is 2.52. The second-order valence-electron chi connectivity index (χ2n) is 4.60. The molecule has 0 radical (unpaired) electrons. The number of hydrogen-bond donors (Lipinski definition) is 3. The van der Waals surface area contributed by atoms with E-state index in [4.69, 9.17) is 9.84 Å². The lowest BCUT2D eigenvalue weighted by atomic mass is 10.2. The van der Waals surface area contributed by atoms with Gasteiger partial charge in [0.25, 0.3) is 0 Å². The van der Waals surface area contributed by atoms with Crippen LogP contribution in [0.3, 0.4) is 0 Å². The number of ether oxygens (including phenoxy) is 1. The van der Waals surface area contributed by atoms with E-state index in [1.54, 1.807) is 0 Å². The van der Waals surface area contributed by atoms with Crippen molar-refractivity contribution in [3.8, 4) is 6.01 Å². The van der Waals surface area contributed by atoms with E-state index < -0.39 is 0 Å². The predicted octanol–water partition coefficient (Wildman–Crippen LogP) is 1.67. The Hall–Kier alpha value is -1.63. The zero-order chi connectivity index (χ0) is 14.8. The highest BCUT2D eigenvalue weighted by atomic mass is 16.5. The Labute approximate surface area is 120 Å². The predicted molar refractivity (Wildman–Crippen MR) is 79.2 cm³/mol. The van der Waals surface area contributed by atoms with Crippen LogP contribution in [0.5, 0.6) is 6.01 Å². The van der Waals surface area contributed by atoms with Gasteiger partial charge in [-0.15, -0.1) is 0 Å². The summed E-state index contributed by atoms with van der Waals surface area (Å²) in [6, 6.07) is 0.402. The number of aliphatic hydroxyl groups excluding tert-OH is 1. The molecule has 7 nitrogen and oxygen atoms in total. The number of aliphatic hydroxyl groups is 1. The van der Waals surface area contributed by atoms with Gasteiger partial charge in [-0.2, -0.15) is 15.0 Å². The summed E-state index contributed by atoms with van der Waals surface area (Å²) >= 11 is 0. The number of nitrogens with one attached hydrogen (secondary N) is 2. The Kier molecular flexibility index (Phi) is 7.64. The molecule has 0 aliphatic rings. The van der Waals surface area contributed by atoms with E-state index in [0.717, 1.165) is 19.4 Å². The maximum absolute atomic E-state index is 8.93. The van der Waals surface area contributed by atoms with E-state index >= 15 is 0 Å². The lowest BCUT2D eigenvalue weighted by molar-refractivity contribution is 0.281. The van der Waals surface area contributed by atoms with E-state index in [0.29, 0.717) is 30.9 Å². The van der Waals surface area contributed by atoms with Crippen LogP contribution in [0, 0.1) is 0 Å². The van der Waals surface area contributed by atoms with Gasteiger partial charge in [-0.25, -0.2) is 0 Å². The summed E-state index contributed by atoms with van der Waals surface area (Å²) in [7, 11) is 0. The number of rotatable bonds is 10. The summed E-state index contributed by atoms with van der Waals surface area (Å²) in [4.78, 5) is 12.7. The molecule has 0 bridgehead atoms. The zero-order valence-corrected chi connectivity index (χ0v) is 12.5. The fourth-order valence-corrected chi connectivity index (χ4v) is 1.48. The Balaban J connectivity index is 2.78. The SMILES string of the molecule is CCCNc1nc(NC(C)CCO)nc(OCCC)n1. The molecule has 7 heteroatoms. The molecule has 0 aliphatic heterocycles. The molecule has 0 fully saturated rings. The van der Waals surface area contributed by atoms with Gasteiger partial charge < -0.3 is 20.5 Å². The normalized spacial score (nSPS) is 12.0. The zero-order valence-electron chi connectivity index (χ0n) is 12.5. The minimum absolute atomic E-state index is 0.0838. The van der Waals surface area contributed by atoms with Gasteiger partial charge in [0.05, 0.1) is 6.61 Å². The molecule has 1 aromatic heterocycles. The molecule has 0 amide bonds. The largest absolute Gasteiger partial charge is 0.463 e. The minimum Gasteiger partial charge on any atom is -0.463 e. The van der Waals surface area contributed by atoms with Crippen molar-refractivity contribution in [2.45, 2.75) is 46.1 Å². The van der Waals surface area contributed by atoms with Crippen molar-refractivity contribution in [3.05, 3.63) is 0 Å². The van der Waals surface area contributed by atoms with Crippen molar-refractivity contribution in [2.24, 2.45) is 0 Å². The van der Waals surface area contributed by atoms with Crippen molar-refractivity contribution >= 4 is 11.9 Å². The molecule has 0 aromatic carbocycles. The molecular weight excluding hydrogens is 258 g/mol. The highest BCUT2D eigenvalue weighted by molar-refractivity contribution is 5.36. The summed E-state index contributed by atoms with van der Waals surface area (Å²) < 4.78 is 5.47. The van der Waals surface area contributed by atoms with E-state index in [1.807, 2.05) is 13.8 Å². The van der Waals surface area contributed by atoms with Crippen LogP contribution in [0.15, 0.2) is 0 Å². The maximum atomic E-state index is 8.93. The van der Waals surface area contributed by atoms with Gasteiger partial charge in [-0.3, -0.25) is 0 Å². The number of anilines is 2. The fourth-order valence-electron chi connectivity index (χ4n) is 1.48. The first-order chi connectivity index (χ1) is 9.69. The lowest BCUT2D eigenvalue weighted by Crippen LogP contribution is -2.20. The van der Waals surface area contributed by atoms with Crippen molar-refractivity contribution in [2.75, 3.05) is 30.4 Å². The fraction of sp³-hybridized carbons (Fsp3) is 0.769. The lowest BCUT2D eigenvalue weighted by Gasteiger charge is -2.14. The van der Waals surface area contributed by atoms with Gasteiger partial charge in [-0.05, 0) is 26.2 Å². The summed E-state index contributed by atoms with van der Waals surface area (Å²) in [5.41, 5.74) is 0. The summed E-state index contributed by atoms with van der Waals surface area (Å²) in [5, 5.41) is 15.2. The number of nitrogens with zero attached hydrogens (tertiary/aromatic N) is 3. The van der Waals surface area contributed by atoms with Gasteiger partial charge >= 0.3 is 6.01 Å². The highest BCUT2D eigenvalue weighted by Gasteiger charge is 2.09. The van der Waals surface area contributed by atoms with Crippen LogP contribution in [0.2, 0.25) is 0 Å². The van der Waals surface area contributed by atoms with Crippen LogP contribution in [-0.2, 0) is 0 Å². The smallest absolute Gasteiger partial charge is 0.323 e. The molecule has 0 spiro atoms. The molecule has 1 unspecified atom stereocenters. The van der Waals surface area contributed by atoms with Crippen LogP contribution in [0.1, 0.15) is 40.0 Å². The van der Waals surface area contributed by atoms with E-state index in [2.05, 4.69) is 32.5 Å². The van der Waals surface area contributed by atoms with Crippen LogP contribution in [0.25, 0.3) is 0 Å². The third-order valence-electron chi connectivity index (χ3n) is 2.52. The van der Waals surface area contributed by atoms with Gasteiger partial charge in [0.1, 0.15) is 0 Å². The first kappa shape index (κ1) is 16.4. The number of aromatic nitrogens is 3. The first-order valence-corrected chi connectivity index (χ1v) is 7.19. The molecule has 3 N–H and O–H groups in total. The van der Waals surface area contributed by atoms with E-state index in [9.17, 15) is 0 Å². The van der Waals surface area contributed by atoms with E-state index in [-0.39, 0.29) is 12.6 Å². The Morgan fingerprint density at radius 2 is 1.90 bits per heavy atom.